The third-order valence-corrected chi connectivity index (χ3v) is 4.48. The van der Waals surface area contributed by atoms with E-state index in [2.05, 4.69) is 32.3 Å². The molecule has 7 heteroatoms. The Bertz CT molecular complexity index is 618. The Morgan fingerprint density at radius 2 is 2.16 bits per heavy atom. The second-order valence-electron chi connectivity index (χ2n) is 4.47. The summed E-state index contributed by atoms with van der Waals surface area (Å²) in [6.07, 6.45) is 7.34. The summed E-state index contributed by atoms with van der Waals surface area (Å²) < 4.78 is 2.05. The van der Waals surface area contributed by atoms with E-state index < -0.39 is 0 Å². The van der Waals surface area contributed by atoms with Crippen molar-refractivity contribution in [1.82, 2.24) is 14.9 Å². The quantitative estimate of drug-likeness (QED) is 0.699. The molecule has 3 rings (SSSR count). The number of nitrogens with one attached hydrogen (secondary N) is 1. The van der Waals surface area contributed by atoms with Gasteiger partial charge in [0.25, 0.3) is 0 Å². The maximum absolute atomic E-state index is 5.03. The third-order valence-electron chi connectivity index (χ3n) is 3.13. The Balaban J connectivity index is 1.72. The summed E-state index contributed by atoms with van der Waals surface area (Å²) in [6, 6.07) is 4.27. The molecule has 3 heterocycles. The van der Waals surface area contributed by atoms with E-state index in [1.807, 2.05) is 6.21 Å². The van der Waals surface area contributed by atoms with Crippen LogP contribution in [-0.4, -0.2) is 34.2 Å². The van der Waals surface area contributed by atoms with Crippen LogP contribution in [0.2, 0.25) is 0 Å². The largest absolute Gasteiger partial charge is 0.363 e. The predicted molar refractivity (Wildman–Crippen MR) is 80.8 cm³/mol. The molecule has 0 radical (unpaired) electrons. The fourth-order valence-corrected chi connectivity index (χ4v) is 3.21. The molecule has 2 aromatic rings. The fraction of sp³-hybridized carbons (Fsp3) is 0.417. The van der Waals surface area contributed by atoms with Crippen molar-refractivity contribution < 1.29 is 0 Å². The van der Waals surface area contributed by atoms with E-state index in [1.165, 1.54) is 37.4 Å². The first-order valence-corrected chi connectivity index (χ1v) is 7.56. The molecular formula is C12H15N5S2. The van der Waals surface area contributed by atoms with Crippen molar-refractivity contribution >= 4 is 34.8 Å². The van der Waals surface area contributed by atoms with Gasteiger partial charge in [-0.05, 0) is 43.6 Å². The van der Waals surface area contributed by atoms with Crippen molar-refractivity contribution in [3.05, 3.63) is 28.1 Å². The number of H-pyrrole nitrogens is 1. The van der Waals surface area contributed by atoms with Gasteiger partial charge in [-0.2, -0.15) is 14.9 Å². The number of aromatic amines is 1. The molecule has 0 bridgehead atoms. The van der Waals surface area contributed by atoms with Crippen LogP contribution in [-0.2, 0) is 0 Å². The van der Waals surface area contributed by atoms with Crippen molar-refractivity contribution in [3.8, 4) is 0 Å². The minimum Gasteiger partial charge on any atom is -0.363 e. The number of nitrogens with zero attached hydrogens (tertiary/aromatic N) is 4. The number of hydrogen-bond acceptors (Lipinski definition) is 5. The van der Waals surface area contributed by atoms with Crippen LogP contribution in [0.5, 0.6) is 0 Å². The van der Waals surface area contributed by atoms with Gasteiger partial charge in [0.15, 0.2) is 0 Å². The lowest BCUT2D eigenvalue weighted by molar-refractivity contribution is 0.580. The van der Waals surface area contributed by atoms with Crippen LogP contribution in [0.3, 0.4) is 0 Å². The average molecular weight is 293 g/mol. The lowest BCUT2D eigenvalue weighted by Gasteiger charge is -2.27. The highest BCUT2D eigenvalue weighted by molar-refractivity contribution is 7.71. The highest BCUT2D eigenvalue weighted by atomic mass is 32.1. The van der Waals surface area contributed by atoms with Gasteiger partial charge in [-0.25, -0.2) is 0 Å². The maximum atomic E-state index is 5.03. The monoisotopic (exact) mass is 293 g/mol. The zero-order valence-corrected chi connectivity index (χ0v) is 12.1. The van der Waals surface area contributed by atoms with Crippen molar-refractivity contribution in [2.75, 3.05) is 18.0 Å². The Morgan fingerprint density at radius 1 is 1.32 bits per heavy atom. The van der Waals surface area contributed by atoms with Gasteiger partial charge < -0.3 is 4.90 Å². The minimum atomic E-state index is 0.504. The normalized spacial score (nSPS) is 16.3. The van der Waals surface area contributed by atoms with Crippen molar-refractivity contribution in [3.63, 3.8) is 0 Å². The molecule has 1 N–H and O–H groups in total. The van der Waals surface area contributed by atoms with E-state index in [0.29, 0.717) is 4.77 Å². The van der Waals surface area contributed by atoms with Crippen LogP contribution < -0.4 is 4.90 Å². The molecule has 0 aliphatic carbocycles. The van der Waals surface area contributed by atoms with Crippen LogP contribution >= 0.6 is 23.6 Å². The Labute approximate surface area is 120 Å². The molecule has 0 unspecified atom stereocenters. The first-order valence-electron chi connectivity index (χ1n) is 6.34. The fourth-order valence-electron chi connectivity index (χ4n) is 2.14. The topological polar surface area (TPSA) is 49.2 Å². The summed E-state index contributed by atoms with van der Waals surface area (Å²) in [7, 11) is 0. The Kier molecular flexibility index (Phi) is 3.74. The van der Waals surface area contributed by atoms with Gasteiger partial charge in [0.05, 0.1) is 11.2 Å². The van der Waals surface area contributed by atoms with E-state index >= 15 is 0 Å². The highest BCUT2D eigenvalue weighted by Crippen LogP contribution is 2.27. The van der Waals surface area contributed by atoms with Crippen LogP contribution in [0.15, 0.2) is 23.6 Å². The van der Waals surface area contributed by atoms with Crippen LogP contribution in [0.25, 0.3) is 0 Å². The number of rotatable bonds is 3. The summed E-state index contributed by atoms with van der Waals surface area (Å²) in [5.74, 6) is 0. The summed E-state index contributed by atoms with van der Waals surface area (Å²) in [6.45, 7) is 2.34. The Morgan fingerprint density at radius 3 is 2.89 bits per heavy atom. The summed E-state index contributed by atoms with van der Waals surface area (Å²) in [5, 5.41) is 12.1. The van der Waals surface area contributed by atoms with Crippen LogP contribution in [0, 0.1) is 4.77 Å². The minimum absolute atomic E-state index is 0.504. The second kappa shape index (κ2) is 5.66. The number of hydrogen-bond donors (Lipinski definition) is 1. The molecule has 0 spiro atoms. The van der Waals surface area contributed by atoms with Gasteiger partial charge in [0, 0.05) is 18.0 Å². The molecule has 1 aliphatic rings. The van der Waals surface area contributed by atoms with E-state index in [-0.39, 0.29) is 0 Å². The number of thiophene rings is 1. The van der Waals surface area contributed by atoms with Crippen molar-refractivity contribution in [2.45, 2.75) is 19.3 Å². The zero-order chi connectivity index (χ0) is 13.1. The molecule has 0 aromatic carbocycles. The number of aromatic nitrogens is 3. The second-order valence-corrected chi connectivity index (χ2v) is 5.95. The first kappa shape index (κ1) is 12.6. The molecule has 0 amide bonds. The molecule has 19 heavy (non-hydrogen) atoms. The van der Waals surface area contributed by atoms with E-state index in [9.17, 15) is 0 Å². The number of anilines is 1. The highest BCUT2D eigenvalue weighted by Gasteiger charge is 2.12. The molecule has 1 aliphatic heterocycles. The Hall–Kier alpha value is -1.47. The van der Waals surface area contributed by atoms with E-state index in [0.717, 1.165) is 4.88 Å². The third kappa shape index (κ3) is 2.93. The van der Waals surface area contributed by atoms with Crippen LogP contribution in [0.4, 0.5) is 5.00 Å². The molecule has 100 valence electrons. The molecule has 1 saturated heterocycles. The summed E-state index contributed by atoms with van der Waals surface area (Å²) in [5.41, 5.74) is 0. The average Bonchev–Trinajstić information content (AvgIpc) is 3.06. The molecule has 0 atom stereocenters. The van der Waals surface area contributed by atoms with Gasteiger partial charge in [0.1, 0.15) is 6.33 Å². The van der Waals surface area contributed by atoms with Gasteiger partial charge >= 0.3 is 0 Å². The molecular weight excluding hydrogens is 278 g/mol. The summed E-state index contributed by atoms with van der Waals surface area (Å²) in [4.78, 5) is 3.58. The van der Waals surface area contributed by atoms with Crippen LogP contribution in [0.1, 0.15) is 24.1 Å². The SMILES string of the molecule is S=c1[nH]ncn1/N=C\c1ccc(N2CCCCC2)s1. The van der Waals surface area contributed by atoms with Gasteiger partial charge in [-0.15, -0.1) is 11.3 Å². The zero-order valence-electron chi connectivity index (χ0n) is 10.5. The lowest BCUT2D eigenvalue weighted by atomic mass is 10.1. The van der Waals surface area contributed by atoms with E-state index in [4.69, 9.17) is 12.2 Å². The first-order chi connectivity index (χ1) is 9.33. The van der Waals surface area contributed by atoms with E-state index in [1.54, 1.807) is 22.3 Å². The predicted octanol–water partition coefficient (Wildman–Crippen LogP) is 2.87. The summed E-state index contributed by atoms with van der Waals surface area (Å²) >= 11 is 6.80. The maximum Gasteiger partial charge on any atom is 0.216 e. The van der Waals surface area contributed by atoms with Gasteiger partial charge in [-0.3, -0.25) is 5.10 Å². The van der Waals surface area contributed by atoms with Crippen molar-refractivity contribution in [1.29, 1.82) is 0 Å². The molecule has 0 saturated carbocycles. The van der Waals surface area contributed by atoms with Crippen molar-refractivity contribution in [2.24, 2.45) is 5.10 Å². The molecule has 1 fully saturated rings. The van der Waals surface area contributed by atoms with Gasteiger partial charge in [-0.1, -0.05) is 0 Å². The molecule has 2 aromatic heterocycles. The smallest absolute Gasteiger partial charge is 0.216 e. The van der Waals surface area contributed by atoms with Gasteiger partial charge in [0.2, 0.25) is 4.77 Å². The lowest BCUT2D eigenvalue weighted by Crippen LogP contribution is -2.28. The molecule has 5 nitrogen and oxygen atoms in total. The number of piperidine rings is 1. The standard InChI is InChI=1S/C12H15N5S2/c18-12-15-13-9-17(12)14-8-10-4-5-11(19-10)16-6-2-1-3-7-16/h4-5,8-9H,1-3,6-7H2,(H,15,18)/b14-8-.